The minimum absolute atomic E-state index is 0.0944. The normalized spacial score (nSPS) is 10.7. The topological polar surface area (TPSA) is 26.3 Å². The van der Waals surface area contributed by atoms with Gasteiger partial charge in [-0.15, -0.1) is 0 Å². The van der Waals surface area contributed by atoms with Crippen LogP contribution >= 0.6 is 0 Å². The van der Waals surface area contributed by atoms with Crippen molar-refractivity contribution in [2.75, 3.05) is 6.61 Å². The van der Waals surface area contributed by atoms with Crippen molar-refractivity contribution in [1.29, 1.82) is 0 Å². The molecule has 0 bridgehead atoms. The van der Waals surface area contributed by atoms with E-state index in [0.717, 1.165) is 6.42 Å². The molecule has 0 aromatic rings. The molecule has 0 spiro atoms. The fourth-order valence-corrected chi connectivity index (χ4v) is 2.35. The van der Waals surface area contributed by atoms with Crippen LogP contribution in [0.4, 0.5) is 0 Å². The van der Waals surface area contributed by atoms with Gasteiger partial charge in [0.15, 0.2) is 0 Å². The smallest absolute Gasteiger partial charge is 0.305 e. The second-order valence-electron chi connectivity index (χ2n) is 5.71. The molecule has 0 saturated carbocycles. The predicted molar refractivity (Wildman–Crippen MR) is 86.6 cm³/mol. The Bertz CT molecular complexity index is 202. The third-order valence-corrected chi connectivity index (χ3v) is 3.64. The van der Waals surface area contributed by atoms with E-state index in [2.05, 4.69) is 13.8 Å². The minimum Gasteiger partial charge on any atom is -0.466 e. The van der Waals surface area contributed by atoms with Crippen LogP contribution in [-0.2, 0) is 9.53 Å². The molecule has 0 aliphatic heterocycles. The number of hydrogen-bond donors (Lipinski definition) is 0. The Labute approximate surface area is 126 Å². The molecule has 119 valence electrons. The Hall–Kier alpha value is -0.530. The number of carbonyl (C=O) groups is 1. The molecule has 0 rings (SSSR count). The number of unbranched alkanes of at least 4 members (excludes halogenated alkanes) is 11. The molecular formula is C18H35O2. The van der Waals surface area contributed by atoms with Crippen LogP contribution in [-0.4, -0.2) is 12.6 Å². The zero-order valence-electron chi connectivity index (χ0n) is 13.6. The second-order valence-corrected chi connectivity index (χ2v) is 5.71. The molecule has 0 fully saturated rings. The van der Waals surface area contributed by atoms with Gasteiger partial charge in [-0.25, -0.2) is 0 Å². The first kappa shape index (κ1) is 19.5. The summed E-state index contributed by atoms with van der Waals surface area (Å²) in [5, 5.41) is 0. The van der Waals surface area contributed by atoms with Crippen molar-refractivity contribution in [2.45, 2.75) is 96.8 Å². The first-order valence-corrected chi connectivity index (χ1v) is 8.76. The van der Waals surface area contributed by atoms with E-state index in [1.165, 1.54) is 70.6 Å². The van der Waals surface area contributed by atoms with Crippen LogP contribution < -0.4 is 0 Å². The lowest BCUT2D eigenvalue weighted by Gasteiger charge is -2.04. The van der Waals surface area contributed by atoms with Gasteiger partial charge in [0.25, 0.3) is 0 Å². The number of ether oxygens (including phenoxy) is 1. The summed E-state index contributed by atoms with van der Waals surface area (Å²) in [5.74, 6) is -0.0944. The van der Waals surface area contributed by atoms with Crippen molar-refractivity contribution in [3.8, 4) is 0 Å². The summed E-state index contributed by atoms with van der Waals surface area (Å²) in [5.41, 5.74) is 0. The minimum atomic E-state index is -0.0944. The lowest BCUT2D eigenvalue weighted by Crippen LogP contribution is -2.04. The average molecular weight is 283 g/mol. The van der Waals surface area contributed by atoms with Crippen molar-refractivity contribution in [3.05, 3.63) is 6.92 Å². The Morgan fingerprint density at radius 1 is 0.800 bits per heavy atom. The maximum Gasteiger partial charge on any atom is 0.305 e. The maximum absolute atomic E-state index is 11.1. The van der Waals surface area contributed by atoms with Gasteiger partial charge in [0, 0.05) is 6.42 Å². The fourth-order valence-electron chi connectivity index (χ4n) is 2.35. The summed E-state index contributed by atoms with van der Waals surface area (Å²) in [4.78, 5) is 11.1. The van der Waals surface area contributed by atoms with Gasteiger partial charge in [0.2, 0.25) is 0 Å². The molecule has 0 saturated heterocycles. The molecule has 2 heteroatoms. The van der Waals surface area contributed by atoms with Gasteiger partial charge < -0.3 is 4.74 Å². The lowest BCUT2D eigenvalue weighted by molar-refractivity contribution is -0.143. The Balaban J connectivity index is 3.01. The molecule has 0 amide bonds. The molecule has 0 heterocycles. The van der Waals surface area contributed by atoms with Crippen LogP contribution in [0, 0.1) is 6.92 Å². The predicted octanol–water partition coefficient (Wildman–Crippen LogP) is 5.84. The van der Waals surface area contributed by atoms with Gasteiger partial charge in [-0.2, -0.15) is 0 Å². The first-order valence-electron chi connectivity index (χ1n) is 8.76. The summed E-state index contributed by atoms with van der Waals surface area (Å²) >= 11 is 0. The monoisotopic (exact) mass is 283 g/mol. The van der Waals surface area contributed by atoms with Crippen molar-refractivity contribution in [1.82, 2.24) is 0 Å². The standard InChI is InChI=1S/C18H35O2/c1-3-5-6-7-8-9-10-11-12-13-14-15-17-20-18(19)16-4-2/h2-17H2,1H3. The van der Waals surface area contributed by atoms with Gasteiger partial charge in [0.05, 0.1) is 6.61 Å². The molecule has 0 N–H and O–H groups in total. The zero-order valence-corrected chi connectivity index (χ0v) is 13.6. The SMILES string of the molecule is [CH2]CCC(=O)OCCCCCCCCCCCCCC. The first-order chi connectivity index (χ1) is 9.81. The summed E-state index contributed by atoms with van der Waals surface area (Å²) in [6.45, 7) is 6.50. The molecule has 0 aliphatic rings. The van der Waals surface area contributed by atoms with E-state index in [0.29, 0.717) is 19.4 Å². The van der Waals surface area contributed by atoms with Gasteiger partial charge in [-0.1, -0.05) is 84.5 Å². The summed E-state index contributed by atoms with van der Waals surface area (Å²) in [7, 11) is 0. The van der Waals surface area contributed by atoms with E-state index in [9.17, 15) is 4.79 Å². The van der Waals surface area contributed by atoms with Crippen molar-refractivity contribution in [3.63, 3.8) is 0 Å². The van der Waals surface area contributed by atoms with Crippen LogP contribution in [0.25, 0.3) is 0 Å². The summed E-state index contributed by atoms with van der Waals surface area (Å²) in [6, 6.07) is 0. The van der Waals surface area contributed by atoms with Crippen molar-refractivity contribution in [2.24, 2.45) is 0 Å². The van der Waals surface area contributed by atoms with E-state index < -0.39 is 0 Å². The van der Waals surface area contributed by atoms with E-state index >= 15 is 0 Å². The quantitative estimate of drug-likeness (QED) is 0.278. The molecule has 0 aliphatic carbocycles. The maximum atomic E-state index is 11.1. The molecule has 2 nitrogen and oxygen atoms in total. The molecule has 0 aromatic heterocycles. The summed E-state index contributed by atoms with van der Waals surface area (Å²) in [6.07, 6.45) is 17.1. The van der Waals surface area contributed by atoms with E-state index in [1.807, 2.05) is 0 Å². The van der Waals surface area contributed by atoms with Gasteiger partial charge >= 0.3 is 5.97 Å². The molecule has 0 unspecified atom stereocenters. The molecule has 1 radical (unpaired) electrons. The average Bonchev–Trinajstić information content (AvgIpc) is 2.44. The van der Waals surface area contributed by atoms with Crippen LogP contribution in [0.2, 0.25) is 0 Å². The Morgan fingerprint density at radius 2 is 1.25 bits per heavy atom. The largest absolute Gasteiger partial charge is 0.466 e. The van der Waals surface area contributed by atoms with Crippen molar-refractivity contribution < 1.29 is 9.53 Å². The van der Waals surface area contributed by atoms with E-state index in [4.69, 9.17) is 4.74 Å². The highest BCUT2D eigenvalue weighted by Gasteiger charge is 1.99. The van der Waals surface area contributed by atoms with Crippen LogP contribution in [0.15, 0.2) is 0 Å². The van der Waals surface area contributed by atoms with E-state index in [-0.39, 0.29) is 5.97 Å². The number of esters is 1. The molecule has 0 atom stereocenters. The highest BCUT2D eigenvalue weighted by Crippen LogP contribution is 2.11. The second kappa shape index (κ2) is 16.5. The van der Waals surface area contributed by atoms with Crippen LogP contribution in [0.1, 0.15) is 96.8 Å². The molecular weight excluding hydrogens is 248 g/mol. The van der Waals surface area contributed by atoms with Gasteiger partial charge in [0.1, 0.15) is 0 Å². The van der Waals surface area contributed by atoms with Crippen molar-refractivity contribution >= 4 is 5.97 Å². The number of hydrogen-bond acceptors (Lipinski definition) is 2. The third kappa shape index (κ3) is 15.5. The van der Waals surface area contributed by atoms with Gasteiger partial charge in [-0.3, -0.25) is 4.79 Å². The van der Waals surface area contributed by atoms with Gasteiger partial charge in [-0.05, 0) is 12.8 Å². The number of rotatable bonds is 15. The fraction of sp³-hybridized carbons (Fsp3) is 0.889. The Morgan fingerprint density at radius 3 is 1.70 bits per heavy atom. The van der Waals surface area contributed by atoms with E-state index in [1.54, 1.807) is 0 Å². The van der Waals surface area contributed by atoms with Crippen LogP contribution in [0.5, 0.6) is 0 Å². The highest BCUT2D eigenvalue weighted by atomic mass is 16.5. The zero-order chi connectivity index (χ0) is 14.9. The number of carbonyl (C=O) groups excluding carboxylic acids is 1. The Kier molecular flexibility index (Phi) is 16.1. The molecule has 0 aromatic carbocycles. The van der Waals surface area contributed by atoms with Crippen LogP contribution in [0.3, 0.4) is 0 Å². The highest BCUT2D eigenvalue weighted by molar-refractivity contribution is 5.69. The lowest BCUT2D eigenvalue weighted by atomic mass is 10.1. The summed E-state index contributed by atoms with van der Waals surface area (Å²) < 4.78 is 5.10. The molecule has 20 heavy (non-hydrogen) atoms. The third-order valence-electron chi connectivity index (χ3n) is 3.64.